The van der Waals surface area contributed by atoms with E-state index in [0.717, 1.165) is 57.1 Å². The highest BCUT2D eigenvalue weighted by atomic mass is 16.6. The molecule has 1 saturated heterocycles. The van der Waals surface area contributed by atoms with Crippen molar-refractivity contribution in [1.82, 2.24) is 0 Å². The van der Waals surface area contributed by atoms with Gasteiger partial charge in [0.05, 0.1) is 11.1 Å². The maximum Gasteiger partial charge on any atom is 0.313 e. The minimum absolute atomic E-state index is 0.000449. The third kappa shape index (κ3) is 2.47. The van der Waals surface area contributed by atoms with Crippen LogP contribution < -0.4 is 0 Å². The molecule has 5 saturated carbocycles. The summed E-state index contributed by atoms with van der Waals surface area (Å²) in [7, 11) is 0. The van der Waals surface area contributed by atoms with Gasteiger partial charge in [0, 0.05) is 16.7 Å². The Bertz CT molecular complexity index is 999. The van der Waals surface area contributed by atoms with E-state index < -0.39 is 0 Å². The van der Waals surface area contributed by atoms with E-state index in [1.165, 1.54) is 12.8 Å². The highest BCUT2D eigenvalue weighted by Gasteiger charge is 2.82. The lowest BCUT2D eigenvalue weighted by molar-refractivity contribution is -0.296. The maximum atomic E-state index is 13.8. The Hall–Kier alpha value is -1.06. The second kappa shape index (κ2) is 6.68. The van der Waals surface area contributed by atoms with Crippen molar-refractivity contribution in [2.24, 2.45) is 61.3 Å². The Morgan fingerprint density at radius 2 is 1.57 bits per heavy atom. The first-order valence-electron chi connectivity index (χ1n) is 14.6. The van der Waals surface area contributed by atoms with Crippen LogP contribution in [0.1, 0.15) is 120 Å². The fourth-order valence-corrected chi connectivity index (χ4v) is 12.3. The Balaban J connectivity index is 1.48. The minimum atomic E-state index is -0.323. The van der Waals surface area contributed by atoms with Gasteiger partial charge in [0.1, 0.15) is 5.60 Å². The van der Waals surface area contributed by atoms with Crippen molar-refractivity contribution >= 4 is 11.7 Å². The van der Waals surface area contributed by atoms with Crippen LogP contribution in [0, 0.1) is 56.2 Å². The highest BCUT2D eigenvalue weighted by molar-refractivity contribution is 5.90. The van der Waals surface area contributed by atoms with Crippen molar-refractivity contribution in [2.75, 3.05) is 0 Å². The number of ether oxygens (including phenoxy) is 1. The van der Waals surface area contributed by atoms with E-state index >= 15 is 0 Å². The van der Waals surface area contributed by atoms with Crippen LogP contribution in [-0.2, 0) is 9.53 Å². The maximum absolute atomic E-state index is 13.8. The number of hydrogen-bond donors (Lipinski definition) is 1. The fourth-order valence-electron chi connectivity index (χ4n) is 12.3. The van der Waals surface area contributed by atoms with Gasteiger partial charge >= 0.3 is 5.97 Å². The molecule has 1 spiro atoms. The molecule has 1 aliphatic heterocycles. The first kappa shape index (κ1) is 24.3. The fraction of sp³-hybridized carbons (Fsp3) is 0.935. The van der Waals surface area contributed by atoms with E-state index in [1.807, 2.05) is 0 Å². The molecular weight excluding hydrogens is 434 g/mol. The van der Waals surface area contributed by atoms with Crippen LogP contribution in [0.3, 0.4) is 0 Å². The Morgan fingerprint density at radius 3 is 2.26 bits per heavy atom. The summed E-state index contributed by atoms with van der Waals surface area (Å²) in [6, 6.07) is 0. The van der Waals surface area contributed by atoms with Crippen LogP contribution in [0.4, 0.5) is 0 Å². The summed E-state index contributed by atoms with van der Waals surface area (Å²) in [6.45, 7) is 19.6. The number of rotatable bonds is 0. The van der Waals surface area contributed by atoms with Crippen LogP contribution in [0.25, 0.3) is 0 Å². The zero-order valence-corrected chi connectivity index (χ0v) is 23.6. The molecule has 9 atom stereocenters. The number of fused-ring (bicyclic) bond motifs is 4. The summed E-state index contributed by atoms with van der Waals surface area (Å²) in [4.78, 5) is 13.8. The van der Waals surface area contributed by atoms with E-state index in [2.05, 4.69) is 60.5 Å². The highest BCUT2D eigenvalue weighted by Crippen LogP contribution is 2.81. The molecule has 4 heteroatoms. The first-order valence-corrected chi connectivity index (χ1v) is 14.6. The van der Waals surface area contributed by atoms with Gasteiger partial charge in [0.15, 0.2) is 0 Å². The molecule has 6 rings (SSSR count). The third-order valence-corrected chi connectivity index (χ3v) is 14.3. The summed E-state index contributed by atoms with van der Waals surface area (Å²) < 4.78 is 6.89. The number of nitrogens with zero attached hydrogens (tertiary/aromatic N) is 1. The van der Waals surface area contributed by atoms with Crippen molar-refractivity contribution in [2.45, 2.75) is 125 Å². The molecule has 4 nitrogen and oxygen atoms in total. The molecule has 0 radical (unpaired) electrons. The summed E-state index contributed by atoms with van der Waals surface area (Å²) in [5.41, 5.74) is 1.01. The molecule has 0 aromatic rings. The quantitative estimate of drug-likeness (QED) is 0.219. The Kier molecular flexibility index (Phi) is 4.63. The van der Waals surface area contributed by atoms with E-state index in [1.54, 1.807) is 0 Å². The van der Waals surface area contributed by atoms with Crippen molar-refractivity contribution in [1.29, 1.82) is 0 Å². The summed E-state index contributed by atoms with van der Waals surface area (Å²) in [5, 5.41) is 13.6. The second-order valence-electron chi connectivity index (χ2n) is 16.1. The molecule has 2 bridgehead atoms. The lowest BCUT2D eigenvalue weighted by Crippen LogP contribution is -2.74. The van der Waals surface area contributed by atoms with Crippen LogP contribution in [-0.4, -0.2) is 22.5 Å². The van der Waals surface area contributed by atoms with Gasteiger partial charge in [-0.2, -0.15) is 0 Å². The molecule has 2 unspecified atom stereocenters. The number of esters is 1. The number of carbonyl (C=O) groups is 1. The van der Waals surface area contributed by atoms with Crippen molar-refractivity contribution in [3.05, 3.63) is 0 Å². The number of oxime groups is 1. The van der Waals surface area contributed by atoms with Gasteiger partial charge in [-0.3, -0.25) is 4.79 Å². The molecule has 0 aromatic heterocycles. The lowest BCUT2D eigenvalue weighted by atomic mass is 9.29. The topological polar surface area (TPSA) is 58.9 Å². The van der Waals surface area contributed by atoms with Gasteiger partial charge in [0.2, 0.25) is 0 Å². The molecule has 0 amide bonds. The smallest absolute Gasteiger partial charge is 0.313 e. The van der Waals surface area contributed by atoms with Crippen molar-refractivity contribution in [3.8, 4) is 0 Å². The van der Waals surface area contributed by atoms with Gasteiger partial charge in [-0.1, -0.05) is 60.5 Å². The zero-order valence-electron chi connectivity index (χ0n) is 23.6. The molecule has 196 valence electrons. The third-order valence-electron chi connectivity index (χ3n) is 14.3. The van der Waals surface area contributed by atoms with Crippen LogP contribution in [0.15, 0.2) is 5.16 Å². The van der Waals surface area contributed by atoms with Gasteiger partial charge in [-0.15, -0.1) is 0 Å². The molecule has 1 heterocycles. The zero-order chi connectivity index (χ0) is 25.4. The molecule has 0 aromatic carbocycles. The summed E-state index contributed by atoms with van der Waals surface area (Å²) in [6.07, 6.45) is 11.0. The average molecular weight is 484 g/mol. The van der Waals surface area contributed by atoms with Gasteiger partial charge < -0.3 is 9.94 Å². The van der Waals surface area contributed by atoms with E-state index in [9.17, 15) is 10.0 Å². The van der Waals surface area contributed by atoms with Crippen LogP contribution >= 0.6 is 0 Å². The summed E-state index contributed by atoms with van der Waals surface area (Å²) >= 11 is 0. The SMILES string of the molecule is C[C@H]1CC2[C@@]3(C)CC/C(=N/O)C(C)(C)C3CC[C@@]2(C)[C@]2(C)CC[C@@]34CCC(C)(C)C[C@H]3[C@@]12OC4=O. The lowest BCUT2D eigenvalue weighted by Gasteiger charge is -2.75. The standard InChI is InChI=1S/C31H49NO3/c1-19-17-21-27(6)11-10-23(32-34)26(4,5)20(27)9-12-28(21,7)29(8)14-16-30-15-13-25(2,3)18-22(30)31(19,29)35-24(30)33/h19-22,34H,9-18H2,1-8H3/b32-23-/t19-,20?,21?,22+,27-,28+,29-,30-,31-/m0/s1. The van der Waals surface area contributed by atoms with E-state index in [0.29, 0.717) is 23.7 Å². The van der Waals surface area contributed by atoms with Crippen molar-refractivity contribution in [3.63, 3.8) is 0 Å². The molecular formula is C31H49NO3. The molecule has 6 aliphatic rings. The van der Waals surface area contributed by atoms with E-state index in [4.69, 9.17) is 4.74 Å². The van der Waals surface area contributed by atoms with E-state index in [-0.39, 0.29) is 44.1 Å². The minimum Gasteiger partial charge on any atom is -0.457 e. The predicted octanol–water partition coefficient (Wildman–Crippen LogP) is 7.62. The number of hydrogen-bond acceptors (Lipinski definition) is 4. The normalized spacial score (nSPS) is 56.9. The molecule has 1 N–H and O–H groups in total. The second-order valence-corrected chi connectivity index (χ2v) is 16.1. The molecule has 6 fully saturated rings. The van der Waals surface area contributed by atoms with Crippen LogP contribution in [0.5, 0.6) is 0 Å². The Labute approximate surface area is 213 Å². The Morgan fingerprint density at radius 1 is 0.886 bits per heavy atom. The first-order chi connectivity index (χ1) is 16.1. The van der Waals surface area contributed by atoms with Crippen molar-refractivity contribution < 1.29 is 14.7 Å². The predicted molar refractivity (Wildman–Crippen MR) is 138 cm³/mol. The van der Waals surface area contributed by atoms with Crippen LogP contribution in [0.2, 0.25) is 0 Å². The van der Waals surface area contributed by atoms with Gasteiger partial charge in [0.25, 0.3) is 0 Å². The molecule has 5 aliphatic carbocycles. The molecule has 35 heavy (non-hydrogen) atoms. The van der Waals surface area contributed by atoms with Gasteiger partial charge in [-0.25, -0.2) is 0 Å². The largest absolute Gasteiger partial charge is 0.457 e. The monoisotopic (exact) mass is 483 g/mol. The number of carbonyl (C=O) groups excluding carboxylic acids is 1. The average Bonchev–Trinajstić information content (AvgIpc) is 2.95. The van der Waals surface area contributed by atoms with Gasteiger partial charge in [-0.05, 0) is 98.2 Å². The summed E-state index contributed by atoms with van der Waals surface area (Å²) in [5.74, 6) is 2.02.